The van der Waals surface area contributed by atoms with Gasteiger partial charge in [-0.05, 0) is 48.4 Å². The van der Waals surface area contributed by atoms with E-state index in [0.29, 0.717) is 27.8 Å². The maximum atomic E-state index is 14.4. The molecule has 3 aromatic rings. The van der Waals surface area contributed by atoms with Gasteiger partial charge in [-0.1, -0.05) is 41.4 Å². The molecule has 29 heavy (non-hydrogen) atoms. The van der Waals surface area contributed by atoms with E-state index in [-0.39, 0.29) is 17.9 Å². The van der Waals surface area contributed by atoms with E-state index in [2.05, 4.69) is 5.32 Å². The van der Waals surface area contributed by atoms with Crippen molar-refractivity contribution in [2.75, 3.05) is 6.54 Å². The summed E-state index contributed by atoms with van der Waals surface area (Å²) < 4.78 is 20.0. The number of nitrogens with zero attached hydrogens (tertiary/aromatic N) is 1. The van der Waals surface area contributed by atoms with Crippen LogP contribution in [0.25, 0.3) is 0 Å². The Kier molecular flexibility index (Phi) is 6.71. The van der Waals surface area contributed by atoms with Crippen LogP contribution in [0.2, 0.25) is 10.0 Å². The van der Waals surface area contributed by atoms with Crippen molar-refractivity contribution in [2.24, 2.45) is 0 Å². The quantitative estimate of drug-likeness (QED) is 0.541. The molecule has 0 bridgehead atoms. The summed E-state index contributed by atoms with van der Waals surface area (Å²) in [7, 11) is 0. The van der Waals surface area contributed by atoms with Crippen LogP contribution in [0.3, 0.4) is 0 Å². The van der Waals surface area contributed by atoms with Gasteiger partial charge in [0.2, 0.25) is 0 Å². The summed E-state index contributed by atoms with van der Waals surface area (Å²) in [6, 6.07) is 17.7. The van der Waals surface area contributed by atoms with Gasteiger partial charge < -0.3 is 10.1 Å². The van der Waals surface area contributed by atoms with Gasteiger partial charge >= 0.3 is 0 Å². The van der Waals surface area contributed by atoms with Gasteiger partial charge in [-0.2, -0.15) is 5.26 Å². The molecule has 0 heterocycles. The molecule has 0 atom stereocenters. The molecule has 3 aromatic carbocycles. The molecule has 4 nitrogen and oxygen atoms in total. The van der Waals surface area contributed by atoms with Crippen molar-refractivity contribution in [3.8, 4) is 17.6 Å². The first kappa shape index (κ1) is 20.7. The molecule has 0 radical (unpaired) electrons. The lowest BCUT2D eigenvalue weighted by Gasteiger charge is -2.10. The lowest BCUT2D eigenvalue weighted by atomic mass is 10.1. The van der Waals surface area contributed by atoms with E-state index in [4.69, 9.17) is 33.2 Å². The second kappa shape index (κ2) is 9.42. The minimum Gasteiger partial charge on any atom is -0.456 e. The summed E-state index contributed by atoms with van der Waals surface area (Å²) >= 11 is 12.0. The summed E-state index contributed by atoms with van der Waals surface area (Å²) in [5.74, 6) is -0.767. The highest BCUT2D eigenvalue weighted by Crippen LogP contribution is 2.26. The average Bonchev–Trinajstić information content (AvgIpc) is 2.70. The number of carbonyl (C=O) groups is 1. The first-order valence-corrected chi connectivity index (χ1v) is 9.42. The molecule has 0 aliphatic heterocycles. The third-order valence-corrected chi connectivity index (χ3v) is 4.70. The van der Waals surface area contributed by atoms with Crippen molar-refractivity contribution in [3.63, 3.8) is 0 Å². The van der Waals surface area contributed by atoms with Crippen molar-refractivity contribution >= 4 is 29.1 Å². The Morgan fingerprint density at radius 2 is 1.90 bits per heavy atom. The predicted molar refractivity (Wildman–Crippen MR) is 110 cm³/mol. The number of nitriles is 1. The number of halogens is 3. The van der Waals surface area contributed by atoms with E-state index in [1.807, 2.05) is 6.07 Å². The molecule has 7 heteroatoms. The number of para-hydroxylation sites is 1. The van der Waals surface area contributed by atoms with Crippen LogP contribution >= 0.6 is 23.2 Å². The third-order valence-electron chi connectivity index (χ3n) is 4.12. The van der Waals surface area contributed by atoms with Gasteiger partial charge in [-0.3, -0.25) is 4.79 Å². The Morgan fingerprint density at radius 1 is 1.10 bits per heavy atom. The number of nitrogens with one attached hydrogen (secondary N) is 1. The Balaban J connectivity index is 1.63. The van der Waals surface area contributed by atoms with Crippen molar-refractivity contribution in [1.29, 1.82) is 5.26 Å². The number of hydrogen-bond donors (Lipinski definition) is 1. The summed E-state index contributed by atoms with van der Waals surface area (Å²) in [5, 5.41) is 12.8. The minimum atomic E-state index is -0.723. The van der Waals surface area contributed by atoms with Crippen LogP contribution < -0.4 is 10.1 Å². The molecule has 0 saturated carbocycles. The number of amides is 1. The molecule has 1 N–H and O–H groups in total. The highest BCUT2D eigenvalue weighted by molar-refractivity contribution is 6.35. The van der Waals surface area contributed by atoms with Gasteiger partial charge in [0, 0.05) is 22.7 Å². The van der Waals surface area contributed by atoms with Crippen molar-refractivity contribution in [2.45, 2.75) is 6.42 Å². The zero-order chi connectivity index (χ0) is 20.8. The normalized spacial score (nSPS) is 10.3. The van der Waals surface area contributed by atoms with Crippen molar-refractivity contribution in [3.05, 3.63) is 93.2 Å². The van der Waals surface area contributed by atoms with Crippen LogP contribution in [0.1, 0.15) is 21.5 Å². The molecule has 1 amide bonds. The van der Waals surface area contributed by atoms with E-state index in [1.165, 1.54) is 12.1 Å². The molecule has 0 spiro atoms. The summed E-state index contributed by atoms with van der Waals surface area (Å²) in [4.78, 5) is 12.3. The summed E-state index contributed by atoms with van der Waals surface area (Å²) in [5.41, 5.74) is 1.06. The zero-order valence-corrected chi connectivity index (χ0v) is 16.6. The Bertz CT molecular complexity index is 1100. The molecule has 0 unspecified atom stereocenters. The van der Waals surface area contributed by atoms with E-state index >= 15 is 0 Å². The fourth-order valence-corrected chi connectivity index (χ4v) is 3.15. The second-order valence-corrected chi connectivity index (χ2v) is 6.94. The number of rotatable bonds is 6. The molecular weight excluding hydrogens is 414 g/mol. The van der Waals surface area contributed by atoms with Gasteiger partial charge in [-0.25, -0.2) is 4.39 Å². The van der Waals surface area contributed by atoms with Crippen molar-refractivity contribution in [1.82, 2.24) is 5.32 Å². The zero-order valence-electron chi connectivity index (χ0n) is 15.1. The lowest BCUT2D eigenvalue weighted by molar-refractivity contribution is 0.0950. The Morgan fingerprint density at radius 3 is 2.62 bits per heavy atom. The topological polar surface area (TPSA) is 62.1 Å². The smallest absolute Gasteiger partial charge is 0.254 e. The van der Waals surface area contributed by atoms with Crippen LogP contribution in [0.5, 0.6) is 11.5 Å². The molecular formula is C22H15Cl2FN2O2. The van der Waals surface area contributed by atoms with Gasteiger partial charge in [-0.15, -0.1) is 0 Å². The van der Waals surface area contributed by atoms with Gasteiger partial charge in [0.1, 0.15) is 23.4 Å². The molecule has 0 aliphatic carbocycles. The molecule has 0 fully saturated rings. The first-order valence-electron chi connectivity index (χ1n) is 8.66. The lowest BCUT2D eigenvalue weighted by Crippen LogP contribution is -2.26. The largest absolute Gasteiger partial charge is 0.456 e. The van der Waals surface area contributed by atoms with Crippen LogP contribution in [0.15, 0.2) is 60.7 Å². The second-order valence-electron chi connectivity index (χ2n) is 6.09. The van der Waals surface area contributed by atoms with Crippen LogP contribution in [0, 0.1) is 17.1 Å². The third kappa shape index (κ3) is 5.26. The number of ether oxygens (including phenoxy) is 1. The Hall–Kier alpha value is -3.07. The molecule has 3 rings (SSSR count). The molecule has 0 aliphatic rings. The summed E-state index contributed by atoms with van der Waals surface area (Å²) in [6.45, 7) is 0.285. The Labute approximate surface area is 177 Å². The summed E-state index contributed by atoms with van der Waals surface area (Å²) in [6.07, 6.45) is 0.482. The standard InChI is InChI=1S/C22H15Cl2FN2O2/c23-16-6-5-14(19(24)11-16)9-10-27-22(28)18-8-7-17(12-20(18)25)29-21-4-2-1-3-15(21)13-26/h1-8,11-12H,9-10H2,(H,27,28). The molecule has 146 valence electrons. The highest BCUT2D eigenvalue weighted by atomic mass is 35.5. The minimum absolute atomic E-state index is 0.104. The maximum Gasteiger partial charge on any atom is 0.254 e. The number of carbonyl (C=O) groups excluding carboxylic acids is 1. The van der Waals surface area contributed by atoms with E-state index in [1.54, 1.807) is 42.5 Å². The van der Waals surface area contributed by atoms with Gasteiger partial charge in [0.15, 0.2) is 0 Å². The van der Waals surface area contributed by atoms with E-state index < -0.39 is 11.7 Å². The van der Waals surface area contributed by atoms with Crippen LogP contribution in [-0.4, -0.2) is 12.5 Å². The number of benzene rings is 3. The molecule has 0 aromatic heterocycles. The van der Waals surface area contributed by atoms with Crippen molar-refractivity contribution < 1.29 is 13.9 Å². The maximum absolute atomic E-state index is 14.4. The SMILES string of the molecule is N#Cc1ccccc1Oc1ccc(C(=O)NCCc2ccc(Cl)cc2Cl)c(F)c1. The predicted octanol–water partition coefficient (Wildman–Crippen LogP) is 5.77. The monoisotopic (exact) mass is 428 g/mol. The van der Waals surface area contributed by atoms with E-state index in [9.17, 15) is 9.18 Å². The molecule has 0 saturated heterocycles. The van der Waals surface area contributed by atoms with Gasteiger partial charge in [0.25, 0.3) is 5.91 Å². The number of hydrogen-bond acceptors (Lipinski definition) is 3. The first-order chi connectivity index (χ1) is 14.0. The highest BCUT2D eigenvalue weighted by Gasteiger charge is 2.14. The average molecular weight is 429 g/mol. The fourth-order valence-electron chi connectivity index (χ4n) is 2.65. The van der Waals surface area contributed by atoms with Gasteiger partial charge in [0.05, 0.1) is 11.1 Å². The van der Waals surface area contributed by atoms with Crippen LogP contribution in [0.4, 0.5) is 4.39 Å². The van der Waals surface area contributed by atoms with Crippen LogP contribution in [-0.2, 0) is 6.42 Å². The van der Waals surface area contributed by atoms with E-state index in [0.717, 1.165) is 11.6 Å². The fraction of sp³-hybridized carbons (Fsp3) is 0.0909.